The Bertz CT molecular complexity index is 1420. The highest BCUT2D eigenvalue weighted by molar-refractivity contribution is 5.82. The number of nitrogens with zero attached hydrogens (tertiary/aromatic N) is 5. The molecule has 0 bridgehead atoms. The molecule has 0 aliphatic carbocycles. The van der Waals surface area contributed by atoms with E-state index in [4.69, 9.17) is 15.2 Å². The highest BCUT2D eigenvalue weighted by Crippen LogP contribution is 2.32. The zero-order valence-electron chi connectivity index (χ0n) is 21.8. The van der Waals surface area contributed by atoms with Gasteiger partial charge in [0, 0.05) is 19.5 Å². The standard InChI is InChI=1S/C27H32N6O6/c1-15-6-7-18(12-16(15)2)38-27(37)32-10-8-17(9-11-32)4-3-5-20-30-24(28)21-25(31-20)33(14-29-21)26-23(36)22(35)19(13-34)39-26/h6-7,12,14,17,19,22-23,26,34-36H,4,8-11,13H2,1-2H3,(H2,28,30,31)/t19-,22?,23?,26-/m1/s1. The van der Waals surface area contributed by atoms with Crippen LogP contribution in [0.5, 0.6) is 5.75 Å². The van der Waals surface area contributed by atoms with Crippen molar-refractivity contribution in [2.24, 2.45) is 5.92 Å². The Labute approximate surface area is 225 Å². The summed E-state index contributed by atoms with van der Waals surface area (Å²) in [5.41, 5.74) is 8.92. The lowest BCUT2D eigenvalue weighted by molar-refractivity contribution is -0.0511. The molecule has 206 valence electrons. The first-order chi connectivity index (χ1) is 18.7. The molecule has 1 aromatic carbocycles. The molecule has 4 heterocycles. The maximum Gasteiger partial charge on any atom is 0.415 e. The molecule has 39 heavy (non-hydrogen) atoms. The number of carbonyl (C=O) groups excluding carboxylic acids is 1. The number of amides is 1. The molecule has 2 aromatic heterocycles. The van der Waals surface area contributed by atoms with Gasteiger partial charge in [0.2, 0.25) is 5.82 Å². The number of nitrogen functional groups attached to an aromatic ring is 1. The molecule has 2 saturated heterocycles. The Balaban J connectivity index is 1.20. The zero-order chi connectivity index (χ0) is 27.7. The number of ether oxygens (including phenoxy) is 2. The number of rotatable bonds is 4. The van der Waals surface area contributed by atoms with E-state index in [1.807, 2.05) is 26.0 Å². The number of aromatic nitrogens is 4. The van der Waals surface area contributed by atoms with Crippen molar-refractivity contribution in [3.05, 3.63) is 41.5 Å². The molecule has 2 aliphatic heterocycles. The molecule has 12 heteroatoms. The molecule has 0 spiro atoms. The van der Waals surface area contributed by atoms with Crippen molar-refractivity contribution in [1.29, 1.82) is 0 Å². The van der Waals surface area contributed by atoms with Crippen molar-refractivity contribution in [1.82, 2.24) is 24.4 Å². The fourth-order valence-corrected chi connectivity index (χ4v) is 4.83. The Hall–Kier alpha value is -3.76. The Morgan fingerprint density at radius 3 is 2.64 bits per heavy atom. The van der Waals surface area contributed by atoms with Crippen molar-refractivity contribution in [3.8, 4) is 17.6 Å². The summed E-state index contributed by atoms with van der Waals surface area (Å²) in [5.74, 6) is 7.27. The fraction of sp³-hybridized carbons (Fsp3) is 0.481. The highest BCUT2D eigenvalue weighted by Gasteiger charge is 2.44. The van der Waals surface area contributed by atoms with Crippen LogP contribution in [0.4, 0.5) is 10.6 Å². The number of nitrogens with two attached hydrogens (primary N) is 1. The van der Waals surface area contributed by atoms with E-state index in [1.54, 1.807) is 11.0 Å². The van der Waals surface area contributed by atoms with Gasteiger partial charge >= 0.3 is 6.09 Å². The molecule has 2 fully saturated rings. The van der Waals surface area contributed by atoms with Gasteiger partial charge in [0.05, 0.1) is 12.9 Å². The molecule has 3 aromatic rings. The summed E-state index contributed by atoms with van der Waals surface area (Å²) in [5, 5.41) is 29.9. The summed E-state index contributed by atoms with van der Waals surface area (Å²) in [6, 6.07) is 5.61. The summed E-state index contributed by atoms with van der Waals surface area (Å²) in [4.78, 5) is 27.2. The number of aryl methyl sites for hydroxylation is 2. The van der Waals surface area contributed by atoms with Crippen LogP contribution in [0.15, 0.2) is 24.5 Å². The third-order valence-electron chi connectivity index (χ3n) is 7.39. The number of aliphatic hydroxyl groups is 3. The molecule has 2 unspecified atom stereocenters. The first-order valence-electron chi connectivity index (χ1n) is 12.9. The van der Waals surface area contributed by atoms with E-state index >= 15 is 0 Å². The van der Waals surface area contributed by atoms with Gasteiger partial charge in [-0.1, -0.05) is 12.0 Å². The van der Waals surface area contributed by atoms with Gasteiger partial charge in [-0.3, -0.25) is 4.57 Å². The molecule has 5 rings (SSSR count). The van der Waals surface area contributed by atoms with E-state index in [9.17, 15) is 20.1 Å². The molecule has 5 N–H and O–H groups in total. The Morgan fingerprint density at radius 1 is 1.18 bits per heavy atom. The van der Waals surface area contributed by atoms with E-state index < -0.39 is 31.1 Å². The topological polar surface area (TPSA) is 169 Å². The third-order valence-corrected chi connectivity index (χ3v) is 7.39. The highest BCUT2D eigenvalue weighted by atomic mass is 16.6. The normalized spacial score (nSPS) is 23.6. The van der Waals surface area contributed by atoms with Crippen LogP contribution in [-0.4, -0.2) is 83.8 Å². The van der Waals surface area contributed by atoms with E-state index in [2.05, 4.69) is 26.8 Å². The predicted molar refractivity (Wildman–Crippen MR) is 140 cm³/mol. The predicted octanol–water partition coefficient (Wildman–Crippen LogP) is 1.29. The van der Waals surface area contributed by atoms with Gasteiger partial charge in [0.15, 0.2) is 17.7 Å². The second-order valence-electron chi connectivity index (χ2n) is 10.0. The van der Waals surface area contributed by atoms with Gasteiger partial charge < -0.3 is 35.4 Å². The quantitative estimate of drug-likeness (QED) is 0.356. The molecule has 12 nitrogen and oxygen atoms in total. The minimum absolute atomic E-state index is 0.130. The smallest absolute Gasteiger partial charge is 0.410 e. The zero-order valence-corrected chi connectivity index (χ0v) is 21.8. The number of piperidine rings is 1. The molecular formula is C27H32N6O6. The summed E-state index contributed by atoms with van der Waals surface area (Å²) in [6.07, 6.45) is -1.20. The second-order valence-corrected chi connectivity index (χ2v) is 10.0. The average molecular weight is 537 g/mol. The summed E-state index contributed by atoms with van der Waals surface area (Å²) in [7, 11) is 0. The second kappa shape index (κ2) is 11.2. The van der Waals surface area contributed by atoms with Gasteiger partial charge in [-0.25, -0.2) is 19.7 Å². The minimum Gasteiger partial charge on any atom is -0.410 e. The fourth-order valence-electron chi connectivity index (χ4n) is 4.83. The van der Waals surface area contributed by atoms with E-state index in [0.29, 0.717) is 42.3 Å². The van der Waals surface area contributed by atoms with Crippen LogP contribution in [-0.2, 0) is 4.74 Å². The van der Waals surface area contributed by atoms with Crippen molar-refractivity contribution in [3.63, 3.8) is 0 Å². The van der Waals surface area contributed by atoms with Gasteiger partial charge in [-0.2, -0.15) is 0 Å². The Morgan fingerprint density at radius 2 is 1.95 bits per heavy atom. The van der Waals surface area contributed by atoms with Gasteiger partial charge in [-0.05, 0) is 61.8 Å². The van der Waals surface area contributed by atoms with E-state index in [-0.39, 0.29) is 17.7 Å². The monoisotopic (exact) mass is 536 g/mol. The van der Waals surface area contributed by atoms with Crippen LogP contribution in [0.1, 0.15) is 42.4 Å². The number of aliphatic hydroxyl groups excluding tert-OH is 3. The molecule has 1 amide bonds. The average Bonchev–Trinajstić information content (AvgIpc) is 3.47. The van der Waals surface area contributed by atoms with Crippen LogP contribution in [0.25, 0.3) is 11.2 Å². The van der Waals surface area contributed by atoms with E-state index in [0.717, 1.165) is 24.0 Å². The van der Waals surface area contributed by atoms with Crippen LogP contribution in [0.3, 0.4) is 0 Å². The molecule has 0 radical (unpaired) electrons. The van der Waals surface area contributed by atoms with Crippen molar-refractivity contribution in [2.75, 3.05) is 25.4 Å². The molecule has 4 atom stereocenters. The number of hydrogen-bond acceptors (Lipinski definition) is 10. The lowest BCUT2D eigenvalue weighted by Gasteiger charge is -2.30. The first-order valence-corrected chi connectivity index (χ1v) is 12.9. The summed E-state index contributed by atoms with van der Waals surface area (Å²) in [6.45, 7) is 4.74. The lowest BCUT2D eigenvalue weighted by atomic mass is 9.94. The van der Waals surface area contributed by atoms with Crippen LogP contribution >= 0.6 is 0 Å². The molecule has 0 saturated carbocycles. The van der Waals surface area contributed by atoms with Gasteiger partial charge in [0.25, 0.3) is 0 Å². The number of benzene rings is 1. The van der Waals surface area contributed by atoms with Gasteiger partial charge in [0.1, 0.15) is 29.6 Å². The SMILES string of the molecule is Cc1ccc(OC(=O)N2CCC(CC#Cc3nc(N)c4ncn([C@@H]5O[C@H](CO)C(O)C5O)c4n3)CC2)cc1C. The van der Waals surface area contributed by atoms with Crippen molar-refractivity contribution >= 4 is 23.1 Å². The van der Waals surface area contributed by atoms with Crippen LogP contribution in [0, 0.1) is 31.6 Å². The summed E-state index contributed by atoms with van der Waals surface area (Å²) >= 11 is 0. The number of anilines is 1. The number of hydrogen-bond donors (Lipinski definition) is 4. The largest absolute Gasteiger partial charge is 0.415 e. The van der Waals surface area contributed by atoms with Crippen molar-refractivity contribution < 1.29 is 29.6 Å². The van der Waals surface area contributed by atoms with E-state index in [1.165, 1.54) is 10.9 Å². The lowest BCUT2D eigenvalue weighted by Crippen LogP contribution is -2.40. The maximum absolute atomic E-state index is 12.6. The maximum atomic E-state index is 12.6. The van der Waals surface area contributed by atoms with Crippen LogP contribution < -0.4 is 10.5 Å². The third kappa shape index (κ3) is 5.53. The number of carbonyl (C=O) groups is 1. The Kier molecular flexibility index (Phi) is 7.67. The van der Waals surface area contributed by atoms with Crippen molar-refractivity contribution in [2.45, 2.75) is 57.6 Å². The first kappa shape index (κ1) is 26.8. The molecule has 2 aliphatic rings. The van der Waals surface area contributed by atoms with Gasteiger partial charge in [-0.15, -0.1) is 0 Å². The van der Waals surface area contributed by atoms with Crippen LogP contribution in [0.2, 0.25) is 0 Å². The number of likely N-dealkylation sites (tertiary alicyclic amines) is 1. The summed E-state index contributed by atoms with van der Waals surface area (Å²) < 4.78 is 12.6. The number of imidazole rings is 1. The molecular weight excluding hydrogens is 504 g/mol. The minimum atomic E-state index is -1.28. The number of fused-ring (bicyclic) bond motifs is 1.